The fourth-order valence-corrected chi connectivity index (χ4v) is 1.56. The van der Waals surface area contributed by atoms with Gasteiger partial charge in [0.15, 0.2) is 6.29 Å². The SMILES string of the molecule is COC(=O)C(C=O)CCOC1CCCCO1. The van der Waals surface area contributed by atoms with Crippen molar-refractivity contribution in [1.82, 2.24) is 0 Å². The molecule has 0 aromatic rings. The second kappa shape index (κ2) is 7.35. The lowest BCUT2D eigenvalue weighted by Crippen LogP contribution is -2.25. The number of hydrogen-bond acceptors (Lipinski definition) is 5. The summed E-state index contributed by atoms with van der Waals surface area (Å²) >= 11 is 0. The van der Waals surface area contributed by atoms with E-state index < -0.39 is 11.9 Å². The molecule has 1 aliphatic heterocycles. The molecule has 1 heterocycles. The number of rotatable bonds is 6. The Kier molecular flexibility index (Phi) is 6.03. The Morgan fingerprint density at radius 1 is 1.56 bits per heavy atom. The highest BCUT2D eigenvalue weighted by Gasteiger charge is 2.19. The second-order valence-electron chi connectivity index (χ2n) is 3.72. The molecule has 1 rings (SSSR count). The van der Waals surface area contributed by atoms with Crippen LogP contribution >= 0.6 is 0 Å². The molecule has 2 unspecified atom stereocenters. The van der Waals surface area contributed by atoms with Gasteiger partial charge in [0.25, 0.3) is 0 Å². The minimum Gasteiger partial charge on any atom is -0.468 e. The predicted molar refractivity (Wildman–Crippen MR) is 55.7 cm³/mol. The van der Waals surface area contributed by atoms with Crippen LogP contribution in [0.15, 0.2) is 0 Å². The van der Waals surface area contributed by atoms with E-state index in [1.54, 1.807) is 0 Å². The van der Waals surface area contributed by atoms with Crippen molar-refractivity contribution in [3.05, 3.63) is 0 Å². The second-order valence-corrected chi connectivity index (χ2v) is 3.72. The molecular formula is C11H18O5. The Labute approximate surface area is 95.0 Å². The molecule has 16 heavy (non-hydrogen) atoms. The zero-order valence-corrected chi connectivity index (χ0v) is 9.52. The van der Waals surface area contributed by atoms with Crippen molar-refractivity contribution in [2.24, 2.45) is 5.92 Å². The highest BCUT2D eigenvalue weighted by Crippen LogP contribution is 2.14. The van der Waals surface area contributed by atoms with Crippen LogP contribution in [0.25, 0.3) is 0 Å². The van der Waals surface area contributed by atoms with E-state index in [0.717, 1.165) is 25.9 Å². The van der Waals surface area contributed by atoms with Crippen LogP contribution in [0.4, 0.5) is 0 Å². The molecule has 5 nitrogen and oxygen atoms in total. The van der Waals surface area contributed by atoms with Gasteiger partial charge in [0, 0.05) is 6.61 Å². The largest absolute Gasteiger partial charge is 0.468 e. The summed E-state index contributed by atoms with van der Waals surface area (Å²) in [6, 6.07) is 0. The number of aldehydes is 1. The first-order chi connectivity index (χ1) is 7.77. The maximum atomic E-state index is 11.1. The molecule has 1 saturated heterocycles. The molecular weight excluding hydrogens is 212 g/mol. The van der Waals surface area contributed by atoms with E-state index in [0.29, 0.717) is 19.3 Å². The summed E-state index contributed by atoms with van der Waals surface area (Å²) < 4.78 is 15.3. The molecule has 5 heteroatoms. The molecule has 0 aromatic heterocycles. The molecule has 0 N–H and O–H groups in total. The zero-order valence-electron chi connectivity index (χ0n) is 9.52. The summed E-state index contributed by atoms with van der Waals surface area (Å²) in [5, 5.41) is 0. The molecule has 0 bridgehead atoms. The Balaban J connectivity index is 2.17. The van der Waals surface area contributed by atoms with Crippen LogP contribution in [-0.4, -0.2) is 38.9 Å². The van der Waals surface area contributed by atoms with E-state index in [1.807, 2.05) is 0 Å². The number of ether oxygens (including phenoxy) is 3. The van der Waals surface area contributed by atoms with E-state index in [9.17, 15) is 9.59 Å². The number of carbonyl (C=O) groups excluding carboxylic acids is 2. The maximum Gasteiger partial charge on any atom is 0.315 e. The van der Waals surface area contributed by atoms with Crippen LogP contribution in [0, 0.1) is 5.92 Å². The van der Waals surface area contributed by atoms with Crippen molar-refractivity contribution in [3.8, 4) is 0 Å². The first kappa shape index (κ1) is 13.1. The summed E-state index contributed by atoms with van der Waals surface area (Å²) in [5.74, 6) is -1.24. The summed E-state index contributed by atoms with van der Waals surface area (Å²) in [5.41, 5.74) is 0. The lowest BCUT2D eigenvalue weighted by atomic mass is 10.1. The van der Waals surface area contributed by atoms with Crippen LogP contribution in [-0.2, 0) is 23.8 Å². The average molecular weight is 230 g/mol. The number of esters is 1. The number of hydrogen-bond donors (Lipinski definition) is 0. The Morgan fingerprint density at radius 2 is 2.38 bits per heavy atom. The zero-order chi connectivity index (χ0) is 11.8. The first-order valence-electron chi connectivity index (χ1n) is 5.54. The minimum atomic E-state index is -0.728. The molecule has 1 aliphatic rings. The molecule has 0 amide bonds. The normalized spacial score (nSPS) is 22.4. The quantitative estimate of drug-likeness (QED) is 0.385. The molecule has 0 spiro atoms. The van der Waals surface area contributed by atoms with E-state index in [4.69, 9.17) is 9.47 Å². The van der Waals surface area contributed by atoms with Crippen LogP contribution in [0.2, 0.25) is 0 Å². The van der Waals surface area contributed by atoms with Crippen molar-refractivity contribution in [2.75, 3.05) is 20.3 Å². The molecule has 0 saturated carbocycles. The van der Waals surface area contributed by atoms with E-state index >= 15 is 0 Å². The Hall–Kier alpha value is -0.940. The van der Waals surface area contributed by atoms with Crippen LogP contribution < -0.4 is 0 Å². The summed E-state index contributed by atoms with van der Waals surface area (Å²) in [6.45, 7) is 1.06. The Bertz CT molecular complexity index is 222. The fourth-order valence-electron chi connectivity index (χ4n) is 1.56. The van der Waals surface area contributed by atoms with Gasteiger partial charge in [-0.15, -0.1) is 0 Å². The molecule has 0 aromatic carbocycles. The van der Waals surface area contributed by atoms with E-state index in [1.165, 1.54) is 7.11 Å². The number of carbonyl (C=O) groups is 2. The van der Waals surface area contributed by atoms with Gasteiger partial charge in [-0.3, -0.25) is 4.79 Å². The van der Waals surface area contributed by atoms with Gasteiger partial charge in [-0.05, 0) is 25.7 Å². The van der Waals surface area contributed by atoms with E-state index in [2.05, 4.69) is 4.74 Å². The van der Waals surface area contributed by atoms with Crippen LogP contribution in [0.3, 0.4) is 0 Å². The third-order valence-electron chi connectivity index (χ3n) is 2.54. The lowest BCUT2D eigenvalue weighted by molar-refractivity contribution is -0.167. The average Bonchev–Trinajstić information content (AvgIpc) is 2.35. The van der Waals surface area contributed by atoms with Gasteiger partial charge in [0.1, 0.15) is 12.2 Å². The third kappa shape index (κ3) is 4.28. The third-order valence-corrected chi connectivity index (χ3v) is 2.54. The smallest absolute Gasteiger partial charge is 0.315 e. The van der Waals surface area contributed by atoms with Gasteiger partial charge in [0.05, 0.1) is 13.7 Å². The monoisotopic (exact) mass is 230 g/mol. The molecule has 0 radical (unpaired) electrons. The predicted octanol–water partition coefficient (Wildman–Crippen LogP) is 0.908. The molecule has 0 aliphatic carbocycles. The Morgan fingerprint density at radius 3 is 2.94 bits per heavy atom. The van der Waals surface area contributed by atoms with Crippen LogP contribution in [0.1, 0.15) is 25.7 Å². The summed E-state index contributed by atoms with van der Waals surface area (Å²) in [6.07, 6.45) is 3.80. The highest BCUT2D eigenvalue weighted by molar-refractivity contribution is 5.87. The molecule has 92 valence electrons. The lowest BCUT2D eigenvalue weighted by Gasteiger charge is -2.22. The van der Waals surface area contributed by atoms with Crippen molar-refractivity contribution < 1.29 is 23.8 Å². The summed E-state index contributed by atoms with van der Waals surface area (Å²) in [4.78, 5) is 21.7. The van der Waals surface area contributed by atoms with Gasteiger partial charge in [-0.2, -0.15) is 0 Å². The van der Waals surface area contributed by atoms with Crippen molar-refractivity contribution in [1.29, 1.82) is 0 Å². The maximum absolute atomic E-state index is 11.1. The molecule has 1 fully saturated rings. The van der Waals surface area contributed by atoms with Gasteiger partial charge < -0.3 is 19.0 Å². The molecule has 2 atom stereocenters. The topological polar surface area (TPSA) is 61.8 Å². The highest BCUT2D eigenvalue weighted by atomic mass is 16.7. The van der Waals surface area contributed by atoms with Gasteiger partial charge >= 0.3 is 5.97 Å². The number of methoxy groups -OCH3 is 1. The van der Waals surface area contributed by atoms with E-state index in [-0.39, 0.29) is 6.29 Å². The fraction of sp³-hybridized carbons (Fsp3) is 0.818. The minimum absolute atomic E-state index is 0.182. The van der Waals surface area contributed by atoms with Crippen molar-refractivity contribution in [2.45, 2.75) is 32.0 Å². The standard InChI is InChI=1S/C11H18O5/c1-14-11(13)9(8-12)5-7-16-10-4-2-3-6-15-10/h8-10H,2-7H2,1H3. The first-order valence-corrected chi connectivity index (χ1v) is 5.54. The van der Waals surface area contributed by atoms with Gasteiger partial charge in [0.2, 0.25) is 0 Å². The van der Waals surface area contributed by atoms with Crippen LogP contribution in [0.5, 0.6) is 0 Å². The van der Waals surface area contributed by atoms with Gasteiger partial charge in [-0.25, -0.2) is 0 Å². The van der Waals surface area contributed by atoms with Crippen molar-refractivity contribution in [3.63, 3.8) is 0 Å². The van der Waals surface area contributed by atoms with Gasteiger partial charge in [-0.1, -0.05) is 0 Å². The van der Waals surface area contributed by atoms with Crippen molar-refractivity contribution >= 4 is 12.3 Å². The summed E-state index contributed by atoms with van der Waals surface area (Å²) in [7, 11) is 1.27.